The highest BCUT2D eigenvalue weighted by molar-refractivity contribution is 9.10. The van der Waals surface area contributed by atoms with Crippen LogP contribution >= 0.6 is 15.9 Å². The Hall–Kier alpha value is -2.19. The molecule has 0 aliphatic rings. The van der Waals surface area contributed by atoms with Crippen molar-refractivity contribution >= 4 is 37.5 Å². The Balaban J connectivity index is 1.98. The van der Waals surface area contributed by atoms with Gasteiger partial charge in [-0.2, -0.15) is 4.57 Å². The average molecular weight is 349 g/mol. The SMILES string of the molecule is Brc1cccc[n+]1Cc1cc2ccccc2c2ccccc12. The third-order valence-corrected chi connectivity index (χ3v) is 4.80. The van der Waals surface area contributed by atoms with E-state index in [1.165, 1.54) is 27.1 Å². The van der Waals surface area contributed by atoms with Gasteiger partial charge in [0, 0.05) is 33.6 Å². The minimum atomic E-state index is 0.854. The molecule has 0 radical (unpaired) electrons. The molecule has 4 aromatic rings. The molecule has 0 bridgehead atoms. The molecule has 1 nitrogen and oxygen atoms in total. The summed E-state index contributed by atoms with van der Waals surface area (Å²) in [6.07, 6.45) is 2.11. The third-order valence-electron chi connectivity index (χ3n) is 4.08. The van der Waals surface area contributed by atoms with Crippen molar-refractivity contribution in [3.05, 3.63) is 89.2 Å². The third kappa shape index (κ3) is 2.30. The molecule has 0 aliphatic heterocycles. The summed E-state index contributed by atoms with van der Waals surface area (Å²) in [5.41, 5.74) is 1.34. The predicted octanol–water partition coefficient (Wildman–Crippen LogP) is 5.09. The van der Waals surface area contributed by atoms with Crippen LogP contribution in [0.2, 0.25) is 0 Å². The fourth-order valence-electron chi connectivity index (χ4n) is 3.03. The van der Waals surface area contributed by atoms with Crippen molar-refractivity contribution in [2.24, 2.45) is 0 Å². The van der Waals surface area contributed by atoms with E-state index in [-0.39, 0.29) is 0 Å². The summed E-state index contributed by atoms with van der Waals surface area (Å²) in [4.78, 5) is 0. The van der Waals surface area contributed by atoms with E-state index in [0.717, 1.165) is 11.1 Å². The molecule has 0 saturated heterocycles. The summed E-state index contributed by atoms with van der Waals surface area (Å²) in [6, 6.07) is 25.8. The van der Waals surface area contributed by atoms with E-state index in [1.807, 2.05) is 6.07 Å². The fourth-order valence-corrected chi connectivity index (χ4v) is 3.43. The maximum Gasteiger partial charge on any atom is 0.248 e. The van der Waals surface area contributed by atoms with Gasteiger partial charge in [0.05, 0.1) is 0 Å². The van der Waals surface area contributed by atoms with Crippen molar-refractivity contribution in [3.8, 4) is 0 Å². The van der Waals surface area contributed by atoms with E-state index < -0.39 is 0 Å². The molecular formula is C20H15BrN+. The molecule has 1 aromatic heterocycles. The lowest BCUT2D eigenvalue weighted by Gasteiger charge is -2.09. The number of pyridine rings is 1. The van der Waals surface area contributed by atoms with Crippen molar-refractivity contribution < 1.29 is 4.57 Å². The Morgan fingerprint density at radius 2 is 1.41 bits per heavy atom. The molecule has 0 spiro atoms. The Bertz CT molecular complexity index is 975. The van der Waals surface area contributed by atoms with Crippen molar-refractivity contribution in [3.63, 3.8) is 0 Å². The van der Waals surface area contributed by atoms with Gasteiger partial charge in [-0.05, 0) is 33.7 Å². The lowest BCUT2D eigenvalue weighted by Crippen LogP contribution is -2.35. The van der Waals surface area contributed by atoms with Gasteiger partial charge in [-0.1, -0.05) is 48.5 Å². The summed E-state index contributed by atoms with van der Waals surface area (Å²) in [6.45, 7) is 0.854. The van der Waals surface area contributed by atoms with E-state index in [9.17, 15) is 0 Å². The monoisotopic (exact) mass is 348 g/mol. The largest absolute Gasteiger partial charge is 0.248 e. The Kier molecular flexibility index (Phi) is 3.39. The van der Waals surface area contributed by atoms with E-state index in [0.29, 0.717) is 0 Å². The van der Waals surface area contributed by atoms with Crippen LogP contribution in [0.5, 0.6) is 0 Å². The van der Waals surface area contributed by atoms with Crippen LogP contribution in [-0.4, -0.2) is 0 Å². The van der Waals surface area contributed by atoms with Gasteiger partial charge < -0.3 is 0 Å². The number of nitrogens with zero attached hydrogens (tertiary/aromatic N) is 1. The number of rotatable bonds is 2. The standard InChI is InChI=1S/C20H15BrN/c21-20-11-5-6-12-22(20)14-16-13-15-7-1-2-8-17(15)19-10-4-3-9-18(16)19/h1-13H,14H2/q+1. The van der Waals surface area contributed by atoms with Gasteiger partial charge in [0.1, 0.15) is 0 Å². The van der Waals surface area contributed by atoms with Gasteiger partial charge in [-0.3, -0.25) is 0 Å². The smallest absolute Gasteiger partial charge is 0.188 e. The molecule has 0 amide bonds. The van der Waals surface area contributed by atoms with E-state index >= 15 is 0 Å². The van der Waals surface area contributed by atoms with Gasteiger partial charge in [-0.25, -0.2) is 0 Å². The maximum atomic E-state index is 3.63. The van der Waals surface area contributed by atoms with Gasteiger partial charge in [0.15, 0.2) is 12.7 Å². The molecule has 4 rings (SSSR count). The molecule has 22 heavy (non-hydrogen) atoms. The second kappa shape index (κ2) is 5.54. The van der Waals surface area contributed by atoms with Crippen LogP contribution in [0, 0.1) is 0 Å². The molecule has 2 heteroatoms. The van der Waals surface area contributed by atoms with E-state index in [4.69, 9.17) is 0 Å². The van der Waals surface area contributed by atoms with Crippen LogP contribution in [0.25, 0.3) is 21.5 Å². The average Bonchev–Trinajstić information content (AvgIpc) is 2.57. The van der Waals surface area contributed by atoms with Crippen LogP contribution in [0.1, 0.15) is 5.56 Å². The summed E-state index contributed by atoms with van der Waals surface area (Å²) in [5.74, 6) is 0. The molecule has 1 heterocycles. The zero-order valence-electron chi connectivity index (χ0n) is 12.0. The first-order valence-corrected chi connectivity index (χ1v) is 8.15. The summed E-state index contributed by atoms with van der Waals surface area (Å²) in [7, 11) is 0. The van der Waals surface area contributed by atoms with Gasteiger partial charge >= 0.3 is 0 Å². The van der Waals surface area contributed by atoms with Crippen LogP contribution in [0.3, 0.4) is 0 Å². The van der Waals surface area contributed by atoms with Crippen LogP contribution in [0.4, 0.5) is 0 Å². The number of hydrogen-bond donors (Lipinski definition) is 0. The Morgan fingerprint density at radius 1 is 0.727 bits per heavy atom. The summed E-state index contributed by atoms with van der Waals surface area (Å²) >= 11 is 3.63. The molecule has 0 unspecified atom stereocenters. The number of benzene rings is 3. The highest BCUT2D eigenvalue weighted by atomic mass is 79.9. The fraction of sp³-hybridized carbons (Fsp3) is 0.0500. The molecule has 0 atom stereocenters. The molecule has 106 valence electrons. The van der Waals surface area contributed by atoms with Crippen LogP contribution in [-0.2, 0) is 6.54 Å². The van der Waals surface area contributed by atoms with E-state index in [1.54, 1.807) is 0 Å². The second-order valence-electron chi connectivity index (χ2n) is 5.45. The summed E-state index contributed by atoms with van der Waals surface area (Å²) < 4.78 is 3.31. The van der Waals surface area contributed by atoms with Crippen molar-refractivity contribution in [2.45, 2.75) is 6.54 Å². The van der Waals surface area contributed by atoms with Crippen molar-refractivity contribution in [2.75, 3.05) is 0 Å². The molecule has 3 aromatic carbocycles. The Morgan fingerprint density at radius 3 is 2.23 bits per heavy atom. The maximum absolute atomic E-state index is 3.63. The number of hydrogen-bond acceptors (Lipinski definition) is 0. The number of aromatic nitrogens is 1. The zero-order valence-corrected chi connectivity index (χ0v) is 13.6. The van der Waals surface area contributed by atoms with Gasteiger partial charge in [-0.15, -0.1) is 0 Å². The minimum Gasteiger partial charge on any atom is -0.188 e. The second-order valence-corrected chi connectivity index (χ2v) is 6.27. The Labute approximate surface area is 138 Å². The van der Waals surface area contributed by atoms with Crippen LogP contribution in [0.15, 0.2) is 83.6 Å². The highest BCUT2D eigenvalue weighted by Gasteiger charge is 2.12. The number of halogens is 1. The molecular weight excluding hydrogens is 334 g/mol. The topological polar surface area (TPSA) is 3.88 Å². The molecule has 0 N–H and O–H groups in total. The number of fused-ring (bicyclic) bond motifs is 3. The zero-order chi connectivity index (χ0) is 14.9. The minimum absolute atomic E-state index is 0.854. The molecule has 0 aliphatic carbocycles. The lowest BCUT2D eigenvalue weighted by molar-refractivity contribution is -0.698. The quantitative estimate of drug-likeness (QED) is 0.270. The normalized spacial score (nSPS) is 11.1. The first kappa shape index (κ1) is 13.5. The van der Waals surface area contributed by atoms with Crippen molar-refractivity contribution in [1.29, 1.82) is 0 Å². The van der Waals surface area contributed by atoms with Crippen molar-refractivity contribution in [1.82, 2.24) is 0 Å². The van der Waals surface area contributed by atoms with Gasteiger partial charge in [0.2, 0.25) is 4.60 Å². The predicted molar refractivity (Wildman–Crippen MR) is 94.9 cm³/mol. The highest BCUT2D eigenvalue weighted by Crippen LogP contribution is 2.28. The van der Waals surface area contributed by atoms with Gasteiger partial charge in [0.25, 0.3) is 0 Å². The molecule has 0 fully saturated rings. The van der Waals surface area contributed by atoms with Crippen LogP contribution < -0.4 is 4.57 Å². The molecule has 0 saturated carbocycles. The first-order valence-electron chi connectivity index (χ1n) is 7.36. The first-order chi connectivity index (χ1) is 10.8. The van der Waals surface area contributed by atoms with E-state index in [2.05, 4.69) is 93.4 Å². The summed E-state index contributed by atoms with van der Waals surface area (Å²) in [5, 5.41) is 5.26. The lowest BCUT2D eigenvalue weighted by atomic mass is 9.97.